The maximum atomic E-state index is 3.80. The normalized spacial score (nSPS) is 23.0. The number of nitrogens with zero attached hydrogens (tertiary/aromatic N) is 3. The first-order chi connectivity index (χ1) is 3.97. The van der Waals surface area contributed by atoms with Crippen molar-refractivity contribution in [1.29, 1.82) is 0 Å². The molecule has 3 heteroatoms. The predicted molar refractivity (Wildman–Crippen MR) is 29.6 cm³/mol. The van der Waals surface area contributed by atoms with E-state index in [0.29, 0.717) is 0 Å². The van der Waals surface area contributed by atoms with Gasteiger partial charge in [0.25, 0.3) is 0 Å². The fourth-order valence-electron chi connectivity index (χ4n) is 0.916. The second kappa shape index (κ2) is 1.24. The Labute approximate surface area is 46.8 Å². The van der Waals surface area contributed by atoms with E-state index in [1.165, 1.54) is 0 Å². The number of hydrogen-bond acceptors (Lipinski definition) is 3. The zero-order valence-electron chi connectivity index (χ0n) is 4.33. The molecule has 3 nitrogen and oxygen atoms in total. The van der Waals surface area contributed by atoms with Crippen LogP contribution >= 0.6 is 0 Å². The highest BCUT2D eigenvalue weighted by molar-refractivity contribution is 6.02. The second-order valence-corrected chi connectivity index (χ2v) is 1.86. The van der Waals surface area contributed by atoms with Gasteiger partial charge in [-0.2, -0.15) is 0 Å². The Balaban J connectivity index is 2.49. The van der Waals surface area contributed by atoms with Crippen molar-refractivity contribution in [3.05, 3.63) is 11.8 Å². The molecule has 0 aromatic carbocycles. The van der Waals surface area contributed by atoms with Gasteiger partial charge in [-0.05, 0) is 18.1 Å². The summed E-state index contributed by atoms with van der Waals surface area (Å²) < 4.78 is 0. The summed E-state index contributed by atoms with van der Waals surface area (Å²) in [7, 11) is 0. The van der Waals surface area contributed by atoms with E-state index in [1.54, 1.807) is 0 Å². The fourth-order valence-corrected chi connectivity index (χ4v) is 0.916. The van der Waals surface area contributed by atoms with Crippen LogP contribution in [0.15, 0.2) is 27.2 Å². The Morgan fingerprint density at radius 2 is 2.50 bits per heavy atom. The minimum Gasteiger partial charge on any atom is -0.133 e. The molecular formula is C5H5N3. The first-order valence-electron chi connectivity index (χ1n) is 2.65. The number of allylic oxidation sites excluding steroid dienone is 2. The van der Waals surface area contributed by atoms with Gasteiger partial charge in [0.05, 0.1) is 5.71 Å². The molecule has 0 radical (unpaired) electrons. The predicted octanol–water partition coefficient (Wildman–Crippen LogP) is 1.49. The zero-order valence-corrected chi connectivity index (χ0v) is 4.33. The van der Waals surface area contributed by atoms with Gasteiger partial charge in [0.15, 0.2) is 0 Å². The quantitative estimate of drug-likeness (QED) is 0.449. The van der Waals surface area contributed by atoms with E-state index in [0.717, 1.165) is 24.3 Å². The summed E-state index contributed by atoms with van der Waals surface area (Å²) in [6, 6.07) is 0. The van der Waals surface area contributed by atoms with Gasteiger partial charge in [0.1, 0.15) is 5.70 Å². The summed E-state index contributed by atoms with van der Waals surface area (Å²) in [6.07, 6.45) is 4.19. The van der Waals surface area contributed by atoms with Crippen LogP contribution in [0.3, 0.4) is 0 Å². The standard InChI is InChI=1S/C5H5N3/c1-2-4-5(3-1)7-8-6-4/h2H,1,3H2. The smallest absolute Gasteiger partial charge is 0.107 e. The van der Waals surface area contributed by atoms with Gasteiger partial charge in [-0.1, -0.05) is 6.08 Å². The second-order valence-electron chi connectivity index (χ2n) is 1.86. The van der Waals surface area contributed by atoms with Crippen LogP contribution in [-0.2, 0) is 0 Å². The van der Waals surface area contributed by atoms with Crippen molar-refractivity contribution in [1.82, 2.24) is 0 Å². The summed E-state index contributed by atoms with van der Waals surface area (Å²) in [4.78, 5) is 0. The lowest BCUT2D eigenvalue weighted by atomic mass is 10.3. The van der Waals surface area contributed by atoms with Gasteiger partial charge in [-0.25, -0.2) is 0 Å². The molecule has 0 spiro atoms. The summed E-state index contributed by atoms with van der Waals surface area (Å²) in [5, 5.41) is 11.1. The molecule has 0 bridgehead atoms. The van der Waals surface area contributed by atoms with Crippen LogP contribution in [0.2, 0.25) is 0 Å². The third kappa shape index (κ3) is 0.358. The lowest BCUT2D eigenvalue weighted by Crippen LogP contribution is -1.86. The number of rotatable bonds is 0. The monoisotopic (exact) mass is 107 g/mol. The van der Waals surface area contributed by atoms with E-state index in [9.17, 15) is 0 Å². The van der Waals surface area contributed by atoms with E-state index in [-0.39, 0.29) is 0 Å². The maximum Gasteiger partial charge on any atom is 0.107 e. The Kier molecular flexibility index (Phi) is 0.614. The molecule has 0 atom stereocenters. The molecule has 8 heavy (non-hydrogen) atoms. The zero-order chi connectivity index (χ0) is 5.40. The van der Waals surface area contributed by atoms with Crippen molar-refractivity contribution in [3.63, 3.8) is 0 Å². The summed E-state index contributed by atoms with van der Waals surface area (Å²) >= 11 is 0. The molecule has 0 fully saturated rings. The molecule has 1 aliphatic carbocycles. The Bertz CT molecular complexity index is 200. The summed E-state index contributed by atoms with van der Waals surface area (Å²) in [6.45, 7) is 0. The summed E-state index contributed by atoms with van der Waals surface area (Å²) in [5.74, 6) is 0. The fraction of sp³-hybridized carbons (Fsp3) is 0.400. The average molecular weight is 107 g/mol. The van der Waals surface area contributed by atoms with Crippen molar-refractivity contribution >= 4 is 5.71 Å². The van der Waals surface area contributed by atoms with E-state index in [4.69, 9.17) is 0 Å². The molecular weight excluding hydrogens is 102 g/mol. The highest BCUT2D eigenvalue weighted by Gasteiger charge is 2.15. The minimum atomic E-state index is 0.991. The highest BCUT2D eigenvalue weighted by atomic mass is 15.4. The number of hydrogen-bond donors (Lipinski definition) is 0. The van der Waals surface area contributed by atoms with Crippen LogP contribution in [0.25, 0.3) is 0 Å². The van der Waals surface area contributed by atoms with Crippen molar-refractivity contribution in [2.24, 2.45) is 15.4 Å². The van der Waals surface area contributed by atoms with Gasteiger partial charge in [-0.3, -0.25) is 0 Å². The molecule has 40 valence electrons. The molecule has 0 N–H and O–H groups in total. The van der Waals surface area contributed by atoms with Crippen LogP contribution in [0.1, 0.15) is 12.8 Å². The highest BCUT2D eigenvalue weighted by Crippen LogP contribution is 2.20. The minimum absolute atomic E-state index is 0.991. The lowest BCUT2D eigenvalue weighted by Gasteiger charge is -1.80. The maximum absolute atomic E-state index is 3.80. The van der Waals surface area contributed by atoms with Crippen molar-refractivity contribution in [3.8, 4) is 0 Å². The van der Waals surface area contributed by atoms with E-state index in [2.05, 4.69) is 21.5 Å². The molecule has 2 rings (SSSR count). The SMILES string of the molecule is C1=C2N=NN=C2CC1. The Morgan fingerprint density at radius 1 is 1.50 bits per heavy atom. The van der Waals surface area contributed by atoms with Gasteiger partial charge in [0.2, 0.25) is 0 Å². The molecule has 0 unspecified atom stereocenters. The topological polar surface area (TPSA) is 37.1 Å². The first kappa shape index (κ1) is 3.95. The Morgan fingerprint density at radius 3 is 3.38 bits per heavy atom. The molecule has 2 aliphatic rings. The lowest BCUT2D eigenvalue weighted by molar-refractivity contribution is 1.05. The molecule has 0 saturated carbocycles. The van der Waals surface area contributed by atoms with Crippen LogP contribution in [0, 0.1) is 0 Å². The molecule has 0 saturated heterocycles. The average Bonchev–Trinajstić information content (AvgIpc) is 2.15. The van der Waals surface area contributed by atoms with Crippen molar-refractivity contribution < 1.29 is 0 Å². The molecule has 0 aromatic heterocycles. The van der Waals surface area contributed by atoms with Gasteiger partial charge in [0, 0.05) is 0 Å². The molecule has 1 aliphatic heterocycles. The largest absolute Gasteiger partial charge is 0.133 e. The van der Waals surface area contributed by atoms with Crippen LogP contribution < -0.4 is 0 Å². The Hall–Kier alpha value is -0.990. The van der Waals surface area contributed by atoms with Gasteiger partial charge < -0.3 is 0 Å². The summed E-state index contributed by atoms with van der Waals surface area (Å²) in [5.41, 5.74) is 2.05. The first-order valence-corrected chi connectivity index (χ1v) is 2.65. The van der Waals surface area contributed by atoms with Crippen molar-refractivity contribution in [2.45, 2.75) is 12.8 Å². The van der Waals surface area contributed by atoms with Crippen LogP contribution in [-0.4, -0.2) is 5.71 Å². The molecule has 0 aromatic rings. The third-order valence-corrected chi connectivity index (χ3v) is 1.33. The molecule has 0 amide bonds. The van der Waals surface area contributed by atoms with Crippen LogP contribution in [0.4, 0.5) is 0 Å². The van der Waals surface area contributed by atoms with E-state index in [1.807, 2.05) is 0 Å². The third-order valence-electron chi connectivity index (χ3n) is 1.33. The van der Waals surface area contributed by atoms with Crippen LogP contribution in [0.5, 0.6) is 0 Å². The van der Waals surface area contributed by atoms with E-state index < -0.39 is 0 Å². The number of fused-ring (bicyclic) bond motifs is 1. The van der Waals surface area contributed by atoms with E-state index >= 15 is 0 Å². The van der Waals surface area contributed by atoms with Gasteiger partial charge in [-0.15, -0.1) is 10.2 Å². The van der Waals surface area contributed by atoms with Gasteiger partial charge >= 0.3 is 0 Å². The van der Waals surface area contributed by atoms with Crippen molar-refractivity contribution in [2.75, 3.05) is 0 Å². The molecule has 1 heterocycles.